The quantitative estimate of drug-likeness (QED) is 0.782. The molecule has 1 aromatic carbocycles. The third kappa shape index (κ3) is 3.28. The molecule has 0 amide bonds. The Morgan fingerprint density at radius 3 is 2.83 bits per heavy atom. The average molecular weight is 310 g/mol. The van der Waals surface area contributed by atoms with Crippen LogP contribution in [0.5, 0.6) is 0 Å². The van der Waals surface area contributed by atoms with Crippen molar-refractivity contribution < 1.29 is 4.39 Å². The number of alkyl halides is 1. The lowest BCUT2D eigenvalue weighted by Gasteiger charge is -2.19. The lowest BCUT2D eigenvalue weighted by Crippen LogP contribution is -2.10. The number of nitrogens with zero attached hydrogens (tertiary/aromatic N) is 3. The number of aromatic amines is 1. The fourth-order valence-electron chi connectivity index (χ4n) is 2.82. The summed E-state index contributed by atoms with van der Waals surface area (Å²) in [6.45, 7) is 3.59. The van der Waals surface area contributed by atoms with Crippen LogP contribution >= 0.6 is 0 Å². The van der Waals surface area contributed by atoms with Gasteiger partial charge in [-0.2, -0.15) is 0 Å². The lowest BCUT2D eigenvalue weighted by molar-refractivity contribution is 0.463. The van der Waals surface area contributed by atoms with Gasteiger partial charge in [-0.05, 0) is 36.6 Å². The topological polar surface area (TPSA) is 54.5 Å². The number of aryl methyl sites for hydroxylation is 1. The van der Waals surface area contributed by atoms with Gasteiger partial charge in [0, 0.05) is 36.1 Å². The van der Waals surface area contributed by atoms with E-state index >= 15 is 0 Å². The summed E-state index contributed by atoms with van der Waals surface area (Å²) in [6.07, 6.45) is 5.80. The van der Waals surface area contributed by atoms with Gasteiger partial charge < -0.3 is 4.98 Å². The van der Waals surface area contributed by atoms with Crippen LogP contribution in [0.3, 0.4) is 0 Å². The van der Waals surface area contributed by atoms with E-state index in [1.54, 1.807) is 12.5 Å². The predicted octanol–water partition coefficient (Wildman–Crippen LogP) is 3.66. The maximum atomic E-state index is 12.8. The molecule has 0 aliphatic carbocycles. The van der Waals surface area contributed by atoms with Crippen molar-refractivity contribution in [3.05, 3.63) is 76.9 Å². The zero-order valence-electron chi connectivity index (χ0n) is 13.3. The van der Waals surface area contributed by atoms with Crippen LogP contribution in [0.1, 0.15) is 39.8 Å². The minimum absolute atomic E-state index is 0.0970. The molecule has 4 nitrogen and oxygen atoms in total. The fourth-order valence-corrected chi connectivity index (χ4v) is 2.82. The largest absolute Gasteiger partial charge is 0.348 e. The van der Waals surface area contributed by atoms with Gasteiger partial charge in [-0.1, -0.05) is 18.2 Å². The van der Waals surface area contributed by atoms with Gasteiger partial charge in [-0.3, -0.25) is 0 Å². The summed E-state index contributed by atoms with van der Waals surface area (Å²) in [5.41, 5.74) is 5.59. The van der Waals surface area contributed by atoms with E-state index < -0.39 is 6.67 Å². The van der Waals surface area contributed by atoms with Gasteiger partial charge in [0.05, 0.1) is 6.33 Å². The Balaban J connectivity index is 2.01. The number of hydrogen-bond acceptors (Lipinski definition) is 3. The molecule has 0 aliphatic rings. The molecule has 0 fully saturated rings. The van der Waals surface area contributed by atoms with Gasteiger partial charge in [0.1, 0.15) is 6.67 Å². The zero-order valence-corrected chi connectivity index (χ0v) is 13.3. The number of imidazole rings is 1. The highest BCUT2D eigenvalue weighted by Crippen LogP contribution is 2.30. The van der Waals surface area contributed by atoms with E-state index in [4.69, 9.17) is 0 Å². The Labute approximate surface area is 134 Å². The molecular weight excluding hydrogens is 291 g/mol. The summed E-state index contributed by atoms with van der Waals surface area (Å²) >= 11 is 0. The minimum Gasteiger partial charge on any atom is -0.348 e. The van der Waals surface area contributed by atoms with Crippen molar-refractivity contribution >= 4 is 0 Å². The normalized spacial score (nSPS) is 12.3. The molecule has 23 heavy (non-hydrogen) atoms. The Bertz CT molecular complexity index is 783. The summed E-state index contributed by atoms with van der Waals surface area (Å²) in [5.74, 6) is 0.326. The van der Waals surface area contributed by atoms with E-state index in [1.807, 2.05) is 12.3 Å². The molecule has 0 unspecified atom stereocenters. The first-order valence-corrected chi connectivity index (χ1v) is 7.60. The van der Waals surface area contributed by atoms with Crippen LogP contribution < -0.4 is 0 Å². The molecule has 0 saturated heterocycles. The zero-order chi connectivity index (χ0) is 16.2. The van der Waals surface area contributed by atoms with Crippen LogP contribution in [-0.2, 0) is 13.1 Å². The van der Waals surface area contributed by atoms with E-state index in [2.05, 4.69) is 52.0 Å². The van der Waals surface area contributed by atoms with Crippen molar-refractivity contribution in [3.8, 4) is 0 Å². The molecular formula is C18H19FN4. The second-order valence-corrected chi connectivity index (χ2v) is 5.65. The third-order valence-corrected chi connectivity index (χ3v) is 4.21. The van der Waals surface area contributed by atoms with Crippen molar-refractivity contribution in [1.82, 2.24) is 19.9 Å². The second kappa shape index (κ2) is 6.69. The number of hydrogen-bond donors (Lipinski definition) is 1. The van der Waals surface area contributed by atoms with E-state index in [1.165, 1.54) is 16.7 Å². The van der Waals surface area contributed by atoms with Crippen molar-refractivity contribution in [2.75, 3.05) is 0 Å². The van der Waals surface area contributed by atoms with Gasteiger partial charge in [0.15, 0.2) is 5.82 Å². The summed E-state index contributed by atoms with van der Waals surface area (Å²) in [7, 11) is 0. The summed E-state index contributed by atoms with van der Waals surface area (Å²) < 4.78 is 12.8. The summed E-state index contributed by atoms with van der Waals surface area (Å²) in [4.78, 5) is 15.6. The number of nitrogens with one attached hydrogen (secondary N) is 1. The number of rotatable bonds is 5. The molecule has 1 atom stereocenters. The molecule has 0 spiro atoms. The van der Waals surface area contributed by atoms with Crippen molar-refractivity contribution in [1.29, 1.82) is 0 Å². The number of halogens is 1. The molecule has 2 aromatic heterocycles. The van der Waals surface area contributed by atoms with Gasteiger partial charge in [-0.15, -0.1) is 0 Å². The van der Waals surface area contributed by atoms with Gasteiger partial charge >= 0.3 is 0 Å². The Morgan fingerprint density at radius 2 is 2.09 bits per heavy atom. The van der Waals surface area contributed by atoms with Gasteiger partial charge in [0.25, 0.3) is 0 Å². The Kier molecular flexibility index (Phi) is 4.46. The molecule has 3 aromatic rings. The molecule has 2 heterocycles. The van der Waals surface area contributed by atoms with E-state index in [0.29, 0.717) is 6.42 Å². The molecule has 1 N–H and O–H groups in total. The highest BCUT2D eigenvalue weighted by Gasteiger charge is 2.19. The van der Waals surface area contributed by atoms with Crippen LogP contribution in [0.4, 0.5) is 4.39 Å². The molecule has 5 heteroatoms. The number of benzene rings is 1. The van der Waals surface area contributed by atoms with E-state index in [0.717, 1.165) is 11.4 Å². The lowest BCUT2D eigenvalue weighted by atomic mass is 9.87. The maximum absolute atomic E-state index is 12.8. The van der Waals surface area contributed by atoms with Gasteiger partial charge in [-0.25, -0.2) is 19.3 Å². The molecule has 0 aliphatic heterocycles. The van der Waals surface area contributed by atoms with Crippen molar-refractivity contribution in [2.45, 2.75) is 32.9 Å². The standard InChI is InChI=1S/C18H19FN4/c1-12-4-3-5-15(13(12)2)16(17-10-20-11-22-17)8-14-6-7-21-18(9-19)23-14/h3-7,10-11,16H,8-9H2,1-2H3,(H,20,22)/t16-/m0/s1. The van der Waals surface area contributed by atoms with Crippen LogP contribution in [0, 0.1) is 13.8 Å². The first-order valence-electron chi connectivity index (χ1n) is 7.60. The van der Waals surface area contributed by atoms with Crippen molar-refractivity contribution in [3.63, 3.8) is 0 Å². The second-order valence-electron chi connectivity index (χ2n) is 5.65. The summed E-state index contributed by atoms with van der Waals surface area (Å²) in [6, 6.07) is 8.14. The first kappa shape index (κ1) is 15.3. The molecule has 0 radical (unpaired) electrons. The maximum Gasteiger partial charge on any atom is 0.159 e. The Morgan fingerprint density at radius 1 is 1.22 bits per heavy atom. The fraction of sp³-hybridized carbons (Fsp3) is 0.278. The molecule has 0 bridgehead atoms. The average Bonchev–Trinajstić information content (AvgIpc) is 3.10. The van der Waals surface area contributed by atoms with Crippen molar-refractivity contribution in [2.24, 2.45) is 0 Å². The highest BCUT2D eigenvalue weighted by atomic mass is 19.1. The van der Waals surface area contributed by atoms with E-state index in [9.17, 15) is 4.39 Å². The molecule has 118 valence electrons. The monoisotopic (exact) mass is 310 g/mol. The molecule has 0 saturated carbocycles. The first-order chi connectivity index (χ1) is 11.2. The van der Waals surface area contributed by atoms with Crippen LogP contribution in [0.15, 0.2) is 43.0 Å². The van der Waals surface area contributed by atoms with Gasteiger partial charge in [0.2, 0.25) is 0 Å². The third-order valence-electron chi connectivity index (χ3n) is 4.21. The molecule has 3 rings (SSSR count). The van der Waals surface area contributed by atoms with E-state index in [-0.39, 0.29) is 11.7 Å². The number of H-pyrrole nitrogens is 1. The van der Waals surface area contributed by atoms with Crippen LogP contribution in [0.2, 0.25) is 0 Å². The SMILES string of the molecule is Cc1cccc([C@H](Cc2ccnc(CF)n2)c2cnc[nH]2)c1C. The smallest absolute Gasteiger partial charge is 0.159 e. The summed E-state index contributed by atoms with van der Waals surface area (Å²) in [5, 5.41) is 0. The highest BCUT2D eigenvalue weighted by molar-refractivity contribution is 5.40. The number of aromatic nitrogens is 4. The Hall–Kier alpha value is -2.56. The van der Waals surface area contributed by atoms with Crippen LogP contribution in [0.25, 0.3) is 0 Å². The minimum atomic E-state index is -0.647. The van der Waals surface area contributed by atoms with Crippen LogP contribution in [-0.4, -0.2) is 19.9 Å². The predicted molar refractivity (Wildman–Crippen MR) is 86.9 cm³/mol.